The molecule has 0 saturated heterocycles. The Bertz CT molecular complexity index is 511. The number of rotatable bonds is 5. The van der Waals surface area contributed by atoms with Gasteiger partial charge >= 0.3 is 12.1 Å². The van der Waals surface area contributed by atoms with Gasteiger partial charge in [-0.3, -0.25) is 4.79 Å². The molecule has 1 atom stereocenters. The van der Waals surface area contributed by atoms with Crippen LogP contribution in [0.1, 0.15) is 0 Å². The highest BCUT2D eigenvalue weighted by atomic mass is 35.5. The van der Waals surface area contributed by atoms with Crippen molar-refractivity contribution in [3.63, 3.8) is 0 Å². The first kappa shape index (κ1) is 16.1. The van der Waals surface area contributed by atoms with E-state index in [0.29, 0.717) is 5.02 Å². The van der Waals surface area contributed by atoms with Gasteiger partial charge in [0.25, 0.3) is 0 Å². The molecule has 1 N–H and O–H groups in total. The maximum Gasteiger partial charge on any atom is 0.406 e. The van der Waals surface area contributed by atoms with Crippen LogP contribution in [0.25, 0.3) is 0 Å². The van der Waals surface area contributed by atoms with E-state index < -0.39 is 31.2 Å². The summed E-state index contributed by atoms with van der Waals surface area (Å²) in [6.07, 6.45) is -4.71. The number of carboxylic acid groups (broad SMARTS) is 1. The second kappa shape index (κ2) is 6.48. The molecule has 0 fully saturated rings. The third-order valence-corrected chi connectivity index (χ3v) is 2.72. The molecule has 0 saturated carbocycles. The standard InChI is InChI=1S/C12H10ClF3N2O2/c13-9-1-3-10(4-2-9)18(7-11(19)20)6-8(5-17)12(14,15)16/h1-4,8H,6-7H2,(H,19,20). The highest BCUT2D eigenvalue weighted by Gasteiger charge is 2.41. The summed E-state index contributed by atoms with van der Waals surface area (Å²) in [7, 11) is 0. The number of anilines is 1. The van der Waals surface area contributed by atoms with Crippen LogP contribution in [0.2, 0.25) is 5.02 Å². The van der Waals surface area contributed by atoms with Gasteiger partial charge in [-0.1, -0.05) is 11.6 Å². The molecule has 1 rings (SSSR count). The Morgan fingerprint density at radius 3 is 2.35 bits per heavy atom. The van der Waals surface area contributed by atoms with Crippen molar-refractivity contribution < 1.29 is 23.1 Å². The number of hydrogen-bond acceptors (Lipinski definition) is 3. The summed E-state index contributed by atoms with van der Waals surface area (Å²) >= 11 is 5.66. The molecule has 4 nitrogen and oxygen atoms in total. The molecule has 0 aliphatic carbocycles. The molecular formula is C12H10ClF3N2O2. The van der Waals surface area contributed by atoms with Gasteiger partial charge in [-0.15, -0.1) is 0 Å². The summed E-state index contributed by atoms with van der Waals surface area (Å²) in [5, 5.41) is 17.7. The Balaban J connectivity index is 2.98. The molecule has 0 bridgehead atoms. The molecular weight excluding hydrogens is 297 g/mol. The van der Waals surface area contributed by atoms with E-state index in [2.05, 4.69) is 0 Å². The molecule has 0 heterocycles. The van der Waals surface area contributed by atoms with Crippen LogP contribution in [0.15, 0.2) is 24.3 Å². The number of nitriles is 1. The quantitative estimate of drug-likeness (QED) is 0.908. The van der Waals surface area contributed by atoms with Crippen molar-refractivity contribution in [1.29, 1.82) is 5.26 Å². The highest BCUT2D eigenvalue weighted by molar-refractivity contribution is 6.30. The van der Waals surface area contributed by atoms with Crippen molar-refractivity contribution in [2.45, 2.75) is 6.18 Å². The molecule has 1 aromatic carbocycles. The van der Waals surface area contributed by atoms with E-state index in [1.807, 2.05) is 0 Å². The van der Waals surface area contributed by atoms with Crippen molar-refractivity contribution in [2.24, 2.45) is 5.92 Å². The predicted octanol–water partition coefficient (Wildman–Crippen LogP) is 2.93. The van der Waals surface area contributed by atoms with E-state index in [-0.39, 0.29) is 5.69 Å². The van der Waals surface area contributed by atoms with Crippen LogP contribution in [0, 0.1) is 17.2 Å². The SMILES string of the molecule is N#CC(CN(CC(=O)O)c1ccc(Cl)cc1)C(F)(F)F. The molecule has 0 amide bonds. The topological polar surface area (TPSA) is 64.3 Å². The van der Waals surface area contributed by atoms with Gasteiger partial charge in [0, 0.05) is 17.3 Å². The number of carboxylic acids is 1. The number of nitrogens with zero attached hydrogens (tertiary/aromatic N) is 2. The second-order valence-electron chi connectivity index (χ2n) is 3.97. The first-order chi connectivity index (χ1) is 9.24. The van der Waals surface area contributed by atoms with E-state index in [4.69, 9.17) is 22.0 Å². The highest BCUT2D eigenvalue weighted by Crippen LogP contribution is 2.28. The van der Waals surface area contributed by atoms with Crippen molar-refractivity contribution >= 4 is 23.3 Å². The predicted molar refractivity (Wildman–Crippen MR) is 66.5 cm³/mol. The molecule has 108 valence electrons. The van der Waals surface area contributed by atoms with Crippen LogP contribution in [0.3, 0.4) is 0 Å². The number of benzene rings is 1. The minimum absolute atomic E-state index is 0.251. The van der Waals surface area contributed by atoms with Crippen LogP contribution >= 0.6 is 11.6 Å². The first-order valence-corrected chi connectivity index (χ1v) is 5.80. The maximum absolute atomic E-state index is 12.6. The van der Waals surface area contributed by atoms with E-state index in [0.717, 1.165) is 11.0 Å². The van der Waals surface area contributed by atoms with Gasteiger partial charge in [0.1, 0.15) is 6.54 Å². The van der Waals surface area contributed by atoms with Crippen LogP contribution in [0.5, 0.6) is 0 Å². The zero-order chi connectivity index (χ0) is 15.3. The fraction of sp³-hybridized carbons (Fsp3) is 0.333. The van der Waals surface area contributed by atoms with Gasteiger partial charge in [-0.2, -0.15) is 18.4 Å². The Morgan fingerprint density at radius 1 is 1.40 bits per heavy atom. The van der Waals surface area contributed by atoms with Crippen LogP contribution in [0.4, 0.5) is 18.9 Å². The zero-order valence-corrected chi connectivity index (χ0v) is 10.8. The number of alkyl halides is 3. The van der Waals surface area contributed by atoms with Crippen LogP contribution in [-0.2, 0) is 4.79 Å². The van der Waals surface area contributed by atoms with E-state index in [1.165, 1.54) is 24.3 Å². The lowest BCUT2D eigenvalue weighted by molar-refractivity contribution is -0.157. The maximum atomic E-state index is 12.6. The molecule has 20 heavy (non-hydrogen) atoms. The van der Waals surface area contributed by atoms with E-state index >= 15 is 0 Å². The third-order valence-electron chi connectivity index (χ3n) is 2.47. The Labute approximate surface area is 118 Å². The smallest absolute Gasteiger partial charge is 0.406 e. The van der Waals surface area contributed by atoms with Crippen LogP contribution in [-0.4, -0.2) is 30.3 Å². The molecule has 0 radical (unpaired) electrons. The summed E-state index contributed by atoms with van der Waals surface area (Å²) in [5.74, 6) is -3.56. The number of hydrogen-bond donors (Lipinski definition) is 1. The number of carbonyl (C=O) groups is 1. The largest absolute Gasteiger partial charge is 0.480 e. The van der Waals surface area contributed by atoms with Crippen molar-refractivity contribution in [3.05, 3.63) is 29.3 Å². The lowest BCUT2D eigenvalue weighted by Crippen LogP contribution is -2.39. The van der Waals surface area contributed by atoms with E-state index in [1.54, 1.807) is 0 Å². The molecule has 0 aliphatic heterocycles. The van der Waals surface area contributed by atoms with Crippen LogP contribution < -0.4 is 4.90 Å². The summed E-state index contributed by atoms with van der Waals surface area (Å²) in [6, 6.07) is 6.80. The van der Waals surface area contributed by atoms with Crippen molar-refractivity contribution in [1.82, 2.24) is 0 Å². The molecule has 1 aromatic rings. The normalized spacial score (nSPS) is 12.6. The van der Waals surface area contributed by atoms with Gasteiger partial charge in [0.05, 0.1) is 6.07 Å². The fourth-order valence-corrected chi connectivity index (χ4v) is 1.64. The molecule has 8 heteroatoms. The summed E-state index contributed by atoms with van der Waals surface area (Å²) < 4.78 is 37.7. The van der Waals surface area contributed by atoms with Gasteiger partial charge < -0.3 is 10.0 Å². The average molecular weight is 307 g/mol. The number of halogens is 4. The Kier molecular flexibility index (Phi) is 5.22. The zero-order valence-electron chi connectivity index (χ0n) is 10.1. The van der Waals surface area contributed by atoms with Gasteiger partial charge in [0.2, 0.25) is 0 Å². The lowest BCUT2D eigenvalue weighted by Gasteiger charge is -2.26. The minimum Gasteiger partial charge on any atom is -0.480 e. The molecule has 0 aromatic heterocycles. The molecule has 1 unspecified atom stereocenters. The monoisotopic (exact) mass is 306 g/mol. The fourth-order valence-electron chi connectivity index (χ4n) is 1.51. The van der Waals surface area contributed by atoms with Crippen molar-refractivity contribution in [2.75, 3.05) is 18.0 Å². The summed E-state index contributed by atoms with van der Waals surface area (Å²) in [4.78, 5) is 11.7. The van der Waals surface area contributed by atoms with Gasteiger partial charge in [-0.05, 0) is 24.3 Å². The summed E-state index contributed by atoms with van der Waals surface area (Å²) in [5.41, 5.74) is 0.251. The minimum atomic E-state index is -4.71. The van der Waals surface area contributed by atoms with Gasteiger partial charge in [0.15, 0.2) is 5.92 Å². The Hall–Kier alpha value is -1.94. The third kappa shape index (κ3) is 4.63. The molecule has 0 spiro atoms. The van der Waals surface area contributed by atoms with Gasteiger partial charge in [-0.25, -0.2) is 0 Å². The second-order valence-corrected chi connectivity index (χ2v) is 4.41. The Morgan fingerprint density at radius 2 is 1.95 bits per heavy atom. The van der Waals surface area contributed by atoms with Crippen molar-refractivity contribution in [3.8, 4) is 6.07 Å². The first-order valence-electron chi connectivity index (χ1n) is 5.42. The molecule has 0 aliphatic rings. The lowest BCUT2D eigenvalue weighted by atomic mass is 10.1. The average Bonchev–Trinajstić information content (AvgIpc) is 2.33. The number of aliphatic carboxylic acids is 1. The van der Waals surface area contributed by atoms with E-state index in [9.17, 15) is 18.0 Å². The summed E-state index contributed by atoms with van der Waals surface area (Å²) in [6.45, 7) is -1.40.